The van der Waals surface area contributed by atoms with Gasteiger partial charge < -0.3 is 10.6 Å². The van der Waals surface area contributed by atoms with Crippen LogP contribution in [0.15, 0.2) is 30.3 Å². The topological polar surface area (TPSA) is 76.0 Å². The second-order valence-electron chi connectivity index (χ2n) is 6.09. The van der Waals surface area contributed by atoms with Gasteiger partial charge in [-0.25, -0.2) is 4.68 Å². The molecule has 0 saturated carbocycles. The van der Waals surface area contributed by atoms with Gasteiger partial charge in [-0.15, -0.1) is 0 Å². The Morgan fingerprint density at radius 2 is 1.71 bits per heavy atom. The Morgan fingerprint density at radius 1 is 1.08 bits per heavy atom. The van der Waals surface area contributed by atoms with Gasteiger partial charge in [-0.3, -0.25) is 9.59 Å². The molecule has 0 aliphatic heterocycles. The van der Waals surface area contributed by atoms with E-state index in [4.69, 9.17) is 0 Å². The van der Waals surface area contributed by atoms with E-state index in [0.717, 1.165) is 17.1 Å². The van der Waals surface area contributed by atoms with E-state index in [1.165, 1.54) is 0 Å². The van der Waals surface area contributed by atoms with Crippen molar-refractivity contribution in [3.05, 3.63) is 47.3 Å². The van der Waals surface area contributed by atoms with E-state index in [-0.39, 0.29) is 17.7 Å². The van der Waals surface area contributed by atoms with Crippen molar-refractivity contribution in [3.8, 4) is 5.69 Å². The van der Waals surface area contributed by atoms with Gasteiger partial charge in [0.15, 0.2) is 0 Å². The van der Waals surface area contributed by atoms with Gasteiger partial charge in [0.05, 0.1) is 11.4 Å². The number of hydrogen-bond acceptors (Lipinski definition) is 3. The molecule has 2 aromatic rings. The van der Waals surface area contributed by atoms with E-state index in [1.807, 2.05) is 50.6 Å². The Morgan fingerprint density at radius 3 is 2.25 bits per heavy atom. The maximum atomic E-state index is 12.1. The summed E-state index contributed by atoms with van der Waals surface area (Å²) < 4.78 is 1.85. The highest BCUT2D eigenvalue weighted by Gasteiger charge is 2.08. The number of carbonyl (C=O) groups is 2. The van der Waals surface area contributed by atoms with Crippen molar-refractivity contribution in [3.63, 3.8) is 0 Å². The number of aromatic nitrogens is 2. The molecule has 6 nitrogen and oxygen atoms in total. The SMILES string of the molecule is Cc1cc(C)n(-c2ccc(C(=O)NCCNC(=O)C(C)C)cc2)n1. The first-order valence-electron chi connectivity index (χ1n) is 8.08. The van der Waals surface area contributed by atoms with E-state index in [0.29, 0.717) is 18.7 Å². The summed E-state index contributed by atoms with van der Waals surface area (Å²) in [5.41, 5.74) is 3.50. The Labute approximate surface area is 142 Å². The van der Waals surface area contributed by atoms with Gasteiger partial charge in [0.1, 0.15) is 0 Å². The van der Waals surface area contributed by atoms with Crippen LogP contribution in [-0.4, -0.2) is 34.7 Å². The molecule has 0 radical (unpaired) electrons. The summed E-state index contributed by atoms with van der Waals surface area (Å²) in [5.74, 6) is -0.227. The molecule has 0 bridgehead atoms. The Kier molecular flexibility index (Phi) is 5.73. The third-order valence-electron chi connectivity index (χ3n) is 3.62. The minimum atomic E-state index is -0.159. The Balaban J connectivity index is 1.90. The average Bonchev–Trinajstić information content (AvgIpc) is 2.89. The maximum Gasteiger partial charge on any atom is 0.251 e. The number of carbonyl (C=O) groups excluding carboxylic acids is 2. The van der Waals surface area contributed by atoms with Gasteiger partial charge in [0.2, 0.25) is 5.91 Å². The van der Waals surface area contributed by atoms with E-state index in [9.17, 15) is 9.59 Å². The molecule has 128 valence electrons. The summed E-state index contributed by atoms with van der Waals surface area (Å²) in [6.45, 7) is 8.43. The van der Waals surface area contributed by atoms with Crippen LogP contribution in [-0.2, 0) is 4.79 Å². The predicted molar refractivity (Wildman–Crippen MR) is 93.2 cm³/mol. The van der Waals surface area contributed by atoms with Crippen LogP contribution in [0.2, 0.25) is 0 Å². The van der Waals surface area contributed by atoms with Gasteiger partial charge in [-0.05, 0) is 44.2 Å². The lowest BCUT2D eigenvalue weighted by Gasteiger charge is -2.09. The van der Waals surface area contributed by atoms with Crippen LogP contribution in [0, 0.1) is 19.8 Å². The maximum absolute atomic E-state index is 12.1. The molecule has 0 aliphatic rings. The molecule has 24 heavy (non-hydrogen) atoms. The summed E-state index contributed by atoms with van der Waals surface area (Å²) in [4.78, 5) is 23.5. The summed E-state index contributed by atoms with van der Waals surface area (Å²) in [6.07, 6.45) is 0. The molecule has 1 aromatic carbocycles. The minimum absolute atomic E-state index is 0.0153. The standard InChI is InChI=1S/C18H24N4O2/c1-12(2)17(23)19-9-10-20-18(24)15-5-7-16(8-6-15)22-14(4)11-13(3)21-22/h5-8,11-12H,9-10H2,1-4H3,(H,19,23)(H,20,24). The Hall–Kier alpha value is -2.63. The number of nitrogens with zero attached hydrogens (tertiary/aromatic N) is 2. The van der Waals surface area contributed by atoms with Crippen molar-refractivity contribution in [1.29, 1.82) is 0 Å². The van der Waals surface area contributed by atoms with Gasteiger partial charge in [0.25, 0.3) is 5.91 Å². The first-order valence-corrected chi connectivity index (χ1v) is 8.08. The van der Waals surface area contributed by atoms with Crippen molar-refractivity contribution in [1.82, 2.24) is 20.4 Å². The number of rotatable bonds is 6. The number of amides is 2. The van der Waals surface area contributed by atoms with Gasteiger partial charge in [0, 0.05) is 30.3 Å². The largest absolute Gasteiger partial charge is 0.354 e. The summed E-state index contributed by atoms with van der Waals surface area (Å²) in [5, 5.41) is 9.98. The number of nitrogens with one attached hydrogen (secondary N) is 2. The first kappa shape index (κ1) is 17.7. The van der Waals surface area contributed by atoms with E-state index >= 15 is 0 Å². The monoisotopic (exact) mass is 328 g/mol. The predicted octanol–water partition coefficient (Wildman–Crippen LogP) is 1.99. The molecule has 1 heterocycles. The Bertz CT molecular complexity index is 717. The van der Waals surface area contributed by atoms with Crippen LogP contribution in [0.25, 0.3) is 5.69 Å². The molecule has 2 N–H and O–H groups in total. The molecule has 0 spiro atoms. The molecule has 0 saturated heterocycles. The lowest BCUT2D eigenvalue weighted by atomic mass is 10.2. The number of aryl methyl sites for hydroxylation is 2. The molecule has 1 aromatic heterocycles. The van der Waals surface area contributed by atoms with E-state index in [1.54, 1.807) is 12.1 Å². The molecule has 6 heteroatoms. The van der Waals surface area contributed by atoms with Crippen molar-refractivity contribution in [2.24, 2.45) is 5.92 Å². The molecule has 0 atom stereocenters. The summed E-state index contributed by atoms with van der Waals surface area (Å²) >= 11 is 0. The van der Waals surface area contributed by atoms with Crippen molar-refractivity contribution in [2.45, 2.75) is 27.7 Å². The third kappa shape index (κ3) is 4.44. The first-order chi connectivity index (χ1) is 11.4. The molecule has 0 aliphatic carbocycles. The molecule has 0 fully saturated rings. The van der Waals surface area contributed by atoms with Crippen molar-refractivity contribution < 1.29 is 9.59 Å². The second kappa shape index (κ2) is 7.77. The minimum Gasteiger partial charge on any atom is -0.354 e. The zero-order valence-electron chi connectivity index (χ0n) is 14.6. The molecule has 2 rings (SSSR count). The van der Waals surface area contributed by atoms with Crippen LogP contribution in [0.4, 0.5) is 0 Å². The van der Waals surface area contributed by atoms with Crippen LogP contribution in [0.5, 0.6) is 0 Å². The fourth-order valence-electron chi connectivity index (χ4n) is 2.31. The van der Waals surface area contributed by atoms with Gasteiger partial charge in [-0.2, -0.15) is 5.10 Å². The lowest BCUT2D eigenvalue weighted by Crippen LogP contribution is -2.36. The highest BCUT2D eigenvalue weighted by molar-refractivity contribution is 5.94. The quantitative estimate of drug-likeness (QED) is 0.796. The van der Waals surface area contributed by atoms with Crippen LogP contribution < -0.4 is 10.6 Å². The molecule has 2 amide bonds. The number of benzene rings is 1. The summed E-state index contributed by atoms with van der Waals surface area (Å²) in [6, 6.07) is 9.29. The highest BCUT2D eigenvalue weighted by atomic mass is 16.2. The van der Waals surface area contributed by atoms with Crippen molar-refractivity contribution >= 4 is 11.8 Å². The van der Waals surface area contributed by atoms with Crippen LogP contribution >= 0.6 is 0 Å². The lowest BCUT2D eigenvalue weighted by molar-refractivity contribution is -0.123. The van der Waals surface area contributed by atoms with Crippen molar-refractivity contribution in [2.75, 3.05) is 13.1 Å². The molecular formula is C18H24N4O2. The smallest absolute Gasteiger partial charge is 0.251 e. The second-order valence-corrected chi connectivity index (χ2v) is 6.09. The van der Waals surface area contributed by atoms with Crippen LogP contribution in [0.1, 0.15) is 35.6 Å². The molecular weight excluding hydrogens is 304 g/mol. The van der Waals surface area contributed by atoms with Gasteiger partial charge >= 0.3 is 0 Å². The average molecular weight is 328 g/mol. The number of hydrogen-bond donors (Lipinski definition) is 2. The van der Waals surface area contributed by atoms with Crippen LogP contribution in [0.3, 0.4) is 0 Å². The normalized spacial score (nSPS) is 10.7. The van der Waals surface area contributed by atoms with E-state index in [2.05, 4.69) is 15.7 Å². The fraction of sp³-hybridized carbons (Fsp3) is 0.389. The molecule has 0 unspecified atom stereocenters. The zero-order chi connectivity index (χ0) is 17.7. The highest BCUT2D eigenvalue weighted by Crippen LogP contribution is 2.13. The van der Waals surface area contributed by atoms with Gasteiger partial charge in [-0.1, -0.05) is 13.8 Å². The summed E-state index contributed by atoms with van der Waals surface area (Å²) in [7, 11) is 0. The third-order valence-corrected chi connectivity index (χ3v) is 3.62. The zero-order valence-corrected chi connectivity index (χ0v) is 14.6. The van der Waals surface area contributed by atoms with E-state index < -0.39 is 0 Å². The fourth-order valence-corrected chi connectivity index (χ4v) is 2.31.